The molecule has 108 valence electrons. The molecule has 0 heterocycles. The van der Waals surface area contributed by atoms with Crippen LogP contribution in [-0.4, -0.2) is 49.3 Å². The highest BCUT2D eigenvalue weighted by atomic mass is 35.5. The summed E-state index contributed by atoms with van der Waals surface area (Å²) >= 11 is 0. The Morgan fingerprint density at radius 1 is 1.42 bits per heavy atom. The van der Waals surface area contributed by atoms with Crippen LogP contribution < -0.4 is 5.73 Å². The van der Waals surface area contributed by atoms with E-state index >= 15 is 0 Å². The number of methoxy groups -OCH3 is 1. The summed E-state index contributed by atoms with van der Waals surface area (Å²) in [7, 11) is 3.12. The number of amides is 1. The molecule has 1 amide bonds. The Kier molecular flexibility index (Phi) is 8.34. The van der Waals surface area contributed by atoms with Gasteiger partial charge < -0.3 is 20.5 Å². The van der Waals surface area contributed by atoms with Gasteiger partial charge in [0, 0.05) is 20.7 Å². The zero-order valence-electron chi connectivity index (χ0n) is 11.2. The Bertz CT molecular complexity index is 375. The van der Waals surface area contributed by atoms with Gasteiger partial charge in [0.15, 0.2) is 0 Å². The molecule has 0 aliphatic carbocycles. The first-order valence-electron chi connectivity index (χ1n) is 5.78. The largest absolute Gasteiger partial charge is 0.389 e. The quantitative estimate of drug-likeness (QED) is 0.803. The molecule has 0 aromatic heterocycles. The molecule has 0 spiro atoms. The average Bonchev–Trinajstić information content (AvgIpc) is 2.38. The first kappa shape index (κ1) is 17.9. The maximum absolute atomic E-state index is 12.0. The van der Waals surface area contributed by atoms with E-state index in [2.05, 4.69) is 0 Å². The van der Waals surface area contributed by atoms with Crippen LogP contribution in [0, 0.1) is 0 Å². The third-order valence-electron chi connectivity index (χ3n) is 2.64. The number of carbonyl (C=O) groups is 1. The third kappa shape index (κ3) is 5.57. The molecule has 1 aromatic rings. The van der Waals surface area contributed by atoms with Gasteiger partial charge in [0.25, 0.3) is 0 Å². The van der Waals surface area contributed by atoms with E-state index in [4.69, 9.17) is 10.5 Å². The summed E-state index contributed by atoms with van der Waals surface area (Å²) in [5, 5.41) is 9.56. The van der Waals surface area contributed by atoms with Gasteiger partial charge >= 0.3 is 0 Å². The van der Waals surface area contributed by atoms with Gasteiger partial charge in [0.2, 0.25) is 5.91 Å². The number of carbonyl (C=O) groups excluding carboxylic acids is 1. The number of nitrogens with zero attached hydrogens (tertiary/aromatic N) is 1. The molecule has 0 radical (unpaired) electrons. The molecular formula is C13H21ClN2O3. The number of hydrogen-bond donors (Lipinski definition) is 2. The second kappa shape index (κ2) is 8.87. The first-order chi connectivity index (χ1) is 8.56. The summed E-state index contributed by atoms with van der Waals surface area (Å²) in [5.74, 6) is -0.226. The minimum absolute atomic E-state index is 0. The number of hydrogen-bond acceptors (Lipinski definition) is 4. The molecule has 1 rings (SSSR count). The number of halogens is 1. The maximum atomic E-state index is 12.0. The van der Waals surface area contributed by atoms with E-state index in [9.17, 15) is 9.90 Å². The number of nitrogens with two attached hydrogens (primary N) is 1. The Morgan fingerprint density at radius 3 is 2.53 bits per heavy atom. The van der Waals surface area contributed by atoms with Gasteiger partial charge in [-0.05, 0) is 5.56 Å². The number of aliphatic hydroxyl groups excluding tert-OH is 1. The summed E-state index contributed by atoms with van der Waals surface area (Å²) in [6.45, 7) is 0.394. The molecule has 0 fully saturated rings. The molecule has 6 heteroatoms. The van der Waals surface area contributed by atoms with Crippen LogP contribution in [0.4, 0.5) is 0 Å². The minimum atomic E-state index is -0.703. The molecule has 3 N–H and O–H groups in total. The van der Waals surface area contributed by atoms with Crippen molar-refractivity contribution in [2.45, 2.75) is 12.1 Å². The highest BCUT2D eigenvalue weighted by molar-refractivity contribution is 5.85. The fraction of sp³-hybridized carbons (Fsp3) is 0.462. The monoisotopic (exact) mass is 288 g/mol. The molecule has 0 aliphatic heterocycles. The van der Waals surface area contributed by atoms with Crippen molar-refractivity contribution >= 4 is 18.3 Å². The van der Waals surface area contributed by atoms with Gasteiger partial charge in [0.05, 0.1) is 12.7 Å². The van der Waals surface area contributed by atoms with Crippen LogP contribution in [-0.2, 0) is 9.53 Å². The molecule has 19 heavy (non-hydrogen) atoms. The second-order valence-corrected chi connectivity index (χ2v) is 4.22. The second-order valence-electron chi connectivity index (χ2n) is 4.22. The minimum Gasteiger partial charge on any atom is -0.389 e. The van der Waals surface area contributed by atoms with Crippen molar-refractivity contribution in [2.75, 3.05) is 27.3 Å². The van der Waals surface area contributed by atoms with E-state index in [1.54, 1.807) is 7.05 Å². The molecule has 2 atom stereocenters. The molecule has 2 unspecified atom stereocenters. The van der Waals surface area contributed by atoms with Crippen molar-refractivity contribution < 1.29 is 14.6 Å². The normalized spacial score (nSPS) is 13.3. The van der Waals surface area contributed by atoms with Crippen molar-refractivity contribution in [2.24, 2.45) is 5.73 Å². The molecule has 0 saturated heterocycles. The lowest BCUT2D eigenvalue weighted by Crippen LogP contribution is -2.41. The van der Waals surface area contributed by atoms with E-state index in [1.165, 1.54) is 12.0 Å². The van der Waals surface area contributed by atoms with Crippen molar-refractivity contribution in [3.8, 4) is 0 Å². The van der Waals surface area contributed by atoms with Gasteiger partial charge in [-0.3, -0.25) is 4.79 Å². The highest BCUT2D eigenvalue weighted by Gasteiger charge is 2.21. The lowest BCUT2D eigenvalue weighted by molar-refractivity contribution is -0.133. The first-order valence-corrected chi connectivity index (χ1v) is 5.78. The highest BCUT2D eigenvalue weighted by Crippen LogP contribution is 2.12. The number of aliphatic hydroxyl groups is 1. The fourth-order valence-electron chi connectivity index (χ4n) is 1.69. The summed E-state index contributed by atoms with van der Waals surface area (Å²) in [6, 6.07) is 8.45. The molecule has 0 aliphatic rings. The van der Waals surface area contributed by atoms with E-state index in [0.717, 1.165) is 5.56 Å². The van der Waals surface area contributed by atoms with Gasteiger partial charge in [-0.2, -0.15) is 0 Å². The number of rotatable bonds is 6. The summed E-state index contributed by atoms with van der Waals surface area (Å²) in [5.41, 5.74) is 6.64. The van der Waals surface area contributed by atoms with E-state index in [1.807, 2.05) is 30.3 Å². The summed E-state index contributed by atoms with van der Waals surface area (Å²) in [6.07, 6.45) is -0.702. The molecular weight excluding hydrogens is 268 g/mol. The smallest absolute Gasteiger partial charge is 0.243 e. The van der Waals surface area contributed by atoms with E-state index in [0.29, 0.717) is 0 Å². The standard InChI is InChI=1S/C13H20N2O3.ClH/c1-15(8-11(16)9-18-2)13(17)12(14)10-6-4-3-5-7-10;/h3-7,11-12,16H,8-9,14H2,1-2H3;1H. The topological polar surface area (TPSA) is 75.8 Å². The van der Waals surface area contributed by atoms with Crippen LogP contribution in [0.15, 0.2) is 30.3 Å². The van der Waals surface area contributed by atoms with Gasteiger partial charge in [-0.15, -0.1) is 12.4 Å². The van der Waals surface area contributed by atoms with Crippen molar-refractivity contribution in [3.63, 3.8) is 0 Å². The van der Waals surface area contributed by atoms with Crippen LogP contribution in [0.3, 0.4) is 0 Å². The van der Waals surface area contributed by atoms with Gasteiger partial charge in [-0.1, -0.05) is 30.3 Å². The van der Waals surface area contributed by atoms with Crippen LogP contribution in [0.1, 0.15) is 11.6 Å². The number of ether oxygens (including phenoxy) is 1. The SMILES string of the molecule is COCC(O)CN(C)C(=O)C(N)c1ccccc1.Cl. The number of benzene rings is 1. The Labute approximate surface area is 119 Å². The van der Waals surface area contributed by atoms with E-state index < -0.39 is 12.1 Å². The lowest BCUT2D eigenvalue weighted by atomic mass is 10.1. The fourth-order valence-corrected chi connectivity index (χ4v) is 1.69. The zero-order chi connectivity index (χ0) is 13.5. The predicted molar refractivity (Wildman–Crippen MR) is 76.1 cm³/mol. The zero-order valence-corrected chi connectivity index (χ0v) is 12.0. The van der Waals surface area contributed by atoms with Crippen LogP contribution >= 0.6 is 12.4 Å². The van der Waals surface area contributed by atoms with Crippen LogP contribution in [0.25, 0.3) is 0 Å². The van der Waals surface area contributed by atoms with Crippen molar-refractivity contribution in [3.05, 3.63) is 35.9 Å². The lowest BCUT2D eigenvalue weighted by Gasteiger charge is -2.23. The van der Waals surface area contributed by atoms with Gasteiger partial charge in [-0.25, -0.2) is 0 Å². The number of likely N-dealkylation sites (N-methyl/N-ethyl adjacent to an activating group) is 1. The van der Waals surface area contributed by atoms with Crippen LogP contribution in [0.2, 0.25) is 0 Å². The predicted octanol–water partition coefficient (Wildman–Crippen LogP) is 0.574. The third-order valence-corrected chi connectivity index (χ3v) is 2.64. The molecule has 5 nitrogen and oxygen atoms in total. The maximum Gasteiger partial charge on any atom is 0.243 e. The van der Waals surface area contributed by atoms with Crippen molar-refractivity contribution in [1.82, 2.24) is 4.90 Å². The van der Waals surface area contributed by atoms with E-state index in [-0.39, 0.29) is 31.5 Å². The molecule has 1 aromatic carbocycles. The van der Waals surface area contributed by atoms with Crippen LogP contribution in [0.5, 0.6) is 0 Å². The molecule has 0 bridgehead atoms. The summed E-state index contributed by atoms with van der Waals surface area (Å²) < 4.78 is 4.81. The Hall–Kier alpha value is -1.14. The Morgan fingerprint density at radius 2 is 2.00 bits per heavy atom. The average molecular weight is 289 g/mol. The van der Waals surface area contributed by atoms with Gasteiger partial charge in [0.1, 0.15) is 6.04 Å². The van der Waals surface area contributed by atoms with Crippen molar-refractivity contribution in [1.29, 1.82) is 0 Å². The molecule has 0 saturated carbocycles. The summed E-state index contributed by atoms with van der Waals surface area (Å²) in [4.78, 5) is 13.5. The Balaban J connectivity index is 0.00000324.